The van der Waals surface area contributed by atoms with Crippen molar-refractivity contribution < 1.29 is 22.7 Å². The van der Waals surface area contributed by atoms with Gasteiger partial charge in [0, 0.05) is 24.4 Å². The fourth-order valence-corrected chi connectivity index (χ4v) is 3.97. The lowest BCUT2D eigenvalue weighted by Gasteiger charge is -2.14. The summed E-state index contributed by atoms with van der Waals surface area (Å²) in [5, 5.41) is 2.65. The molecule has 0 radical (unpaired) electrons. The van der Waals surface area contributed by atoms with Crippen molar-refractivity contribution in [3.8, 4) is 23.0 Å². The molecule has 0 bridgehead atoms. The molecule has 0 fully saturated rings. The third kappa shape index (κ3) is 5.04. The van der Waals surface area contributed by atoms with E-state index in [1.54, 1.807) is 6.92 Å². The van der Waals surface area contributed by atoms with E-state index >= 15 is 0 Å². The second-order valence-electron chi connectivity index (χ2n) is 7.83. The van der Waals surface area contributed by atoms with E-state index in [0.29, 0.717) is 17.5 Å². The van der Waals surface area contributed by atoms with Crippen molar-refractivity contribution in [3.63, 3.8) is 0 Å². The maximum absolute atomic E-state index is 12.9. The van der Waals surface area contributed by atoms with E-state index < -0.39 is 17.8 Å². The molecule has 4 rings (SSSR count). The minimum absolute atomic E-state index is 0.0215. The van der Waals surface area contributed by atoms with Crippen LogP contribution in [0.5, 0.6) is 0 Å². The SMILES string of the molecule is Cc1ccc(C(F)(F)F)cc1C#CCCNC(=O)OCC1c2ccccc2-c2ccccc21. The van der Waals surface area contributed by atoms with Crippen molar-refractivity contribution in [1.82, 2.24) is 5.32 Å². The van der Waals surface area contributed by atoms with E-state index in [2.05, 4.69) is 29.3 Å². The van der Waals surface area contributed by atoms with Gasteiger partial charge in [-0.2, -0.15) is 13.2 Å². The average Bonchev–Trinajstić information content (AvgIpc) is 3.11. The highest BCUT2D eigenvalue weighted by atomic mass is 19.4. The molecule has 1 aliphatic carbocycles. The number of carbonyl (C=O) groups is 1. The van der Waals surface area contributed by atoms with Crippen LogP contribution in [0.4, 0.5) is 18.0 Å². The molecule has 0 saturated carbocycles. The number of fused-ring (bicyclic) bond motifs is 3. The Bertz CT molecular complexity index is 1190. The monoisotopic (exact) mass is 449 g/mol. The van der Waals surface area contributed by atoms with E-state index in [1.807, 2.05) is 36.4 Å². The Hall–Kier alpha value is -3.72. The first-order valence-electron chi connectivity index (χ1n) is 10.6. The van der Waals surface area contributed by atoms with E-state index in [0.717, 1.165) is 34.4 Å². The molecule has 0 unspecified atom stereocenters. The normalized spacial score (nSPS) is 12.4. The van der Waals surface area contributed by atoms with Crippen LogP contribution in [0.15, 0.2) is 66.7 Å². The summed E-state index contributed by atoms with van der Waals surface area (Å²) in [6, 6.07) is 19.7. The third-order valence-electron chi connectivity index (χ3n) is 5.65. The number of rotatable bonds is 4. The molecule has 0 aliphatic heterocycles. The lowest BCUT2D eigenvalue weighted by atomic mass is 9.98. The highest BCUT2D eigenvalue weighted by Crippen LogP contribution is 2.44. The first-order chi connectivity index (χ1) is 15.8. The van der Waals surface area contributed by atoms with E-state index in [4.69, 9.17) is 4.74 Å². The van der Waals surface area contributed by atoms with Crippen LogP contribution in [0.1, 0.15) is 40.2 Å². The maximum Gasteiger partial charge on any atom is 0.416 e. The van der Waals surface area contributed by atoms with Gasteiger partial charge in [-0.25, -0.2) is 4.79 Å². The Morgan fingerprint density at radius 3 is 2.27 bits per heavy atom. The molecular formula is C27H22F3NO2. The highest BCUT2D eigenvalue weighted by molar-refractivity contribution is 5.79. The molecule has 0 aromatic heterocycles. The van der Waals surface area contributed by atoms with Crippen LogP contribution < -0.4 is 5.32 Å². The van der Waals surface area contributed by atoms with Crippen molar-refractivity contribution in [2.75, 3.05) is 13.2 Å². The summed E-state index contributed by atoms with van der Waals surface area (Å²) in [6.45, 7) is 2.16. The van der Waals surface area contributed by atoms with Crippen LogP contribution in [0.2, 0.25) is 0 Å². The summed E-state index contributed by atoms with van der Waals surface area (Å²) in [5.74, 6) is 5.55. The second kappa shape index (κ2) is 9.41. The van der Waals surface area contributed by atoms with Crippen molar-refractivity contribution in [2.45, 2.75) is 25.4 Å². The molecule has 0 spiro atoms. The van der Waals surface area contributed by atoms with Gasteiger partial charge in [-0.3, -0.25) is 0 Å². The molecule has 33 heavy (non-hydrogen) atoms. The lowest BCUT2D eigenvalue weighted by molar-refractivity contribution is -0.137. The van der Waals surface area contributed by atoms with E-state index in [-0.39, 0.29) is 19.1 Å². The minimum atomic E-state index is -4.41. The second-order valence-corrected chi connectivity index (χ2v) is 7.83. The van der Waals surface area contributed by atoms with Crippen molar-refractivity contribution >= 4 is 6.09 Å². The third-order valence-corrected chi connectivity index (χ3v) is 5.65. The Morgan fingerprint density at radius 1 is 1.00 bits per heavy atom. The fraction of sp³-hybridized carbons (Fsp3) is 0.222. The smallest absolute Gasteiger partial charge is 0.416 e. The molecule has 3 nitrogen and oxygen atoms in total. The predicted molar refractivity (Wildman–Crippen MR) is 121 cm³/mol. The van der Waals surface area contributed by atoms with Crippen LogP contribution in [0.25, 0.3) is 11.1 Å². The van der Waals surface area contributed by atoms with Gasteiger partial charge >= 0.3 is 12.3 Å². The first-order valence-corrected chi connectivity index (χ1v) is 10.6. The molecule has 3 aromatic rings. The number of carbonyl (C=O) groups excluding carboxylic acids is 1. The summed E-state index contributed by atoms with van der Waals surface area (Å²) < 4.78 is 44.1. The Morgan fingerprint density at radius 2 is 1.64 bits per heavy atom. The van der Waals surface area contributed by atoms with Gasteiger partial charge < -0.3 is 10.1 Å². The molecule has 6 heteroatoms. The van der Waals surface area contributed by atoms with Gasteiger partial charge in [0.2, 0.25) is 0 Å². The molecule has 0 heterocycles. The maximum atomic E-state index is 12.9. The van der Waals surface area contributed by atoms with Crippen molar-refractivity contribution in [3.05, 3.63) is 94.5 Å². The average molecular weight is 449 g/mol. The zero-order chi connectivity index (χ0) is 23.4. The van der Waals surface area contributed by atoms with E-state index in [1.165, 1.54) is 6.07 Å². The largest absolute Gasteiger partial charge is 0.449 e. The summed E-state index contributed by atoms with van der Waals surface area (Å²) in [4.78, 5) is 12.2. The number of nitrogens with one attached hydrogen (secondary N) is 1. The molecule has 0 saturated heterocycles. The van der Waals surface area contributed by atoms with Gasteiger partial charge in [0.05, 0.1) is 5.56 Å². The number of alkyl carbamates (subject to hydrolysis) is 1. The zero-order valence-electron chi connectivity index (χ0n) is 18.0. The molecule has 3 aromatic carbocycles. The molecule has 1 aliphatic rings. The van der Waals surface area contributed by atoms with Crippen LogP contribution in [0, 0.1) is 18.8 Å². The number of benzene rings is 3. The molecule has 1 N–H and O–H groups in total. The number of hydrogen-bond donors (Lipinski definition) is 1. The van der Waals surface area contributed by atoms with Gasteiger partial charge in [0.25, 0.3) is 0 Å². The molecule has 0 atom stereocenters. The van der Waals surface area contributed by atoms with Gasteiger partial charge in [-0.15, -0.1) is 0 Å². The van der Waals surface area contributed by atoms with Gasteiger partial charge in [0.15, 0.2) is 0 Å². The topological polar surface area (TPSA) is 38.3 Å². The summed E-state index contributed by atoms with van der Waals surface area (Å²) in [5.41, 5.74) is 4.84. The Kier molecular flexibility index (Phi) is 6.41. The van der Waals surface area contributed by atoms with Crippen LogP contribution in [0.3, 0.4) is 0 Å². The Balaban J connectivity index is 1.30. The minimum Gasteiger partial charge on any atom is -0.449 e. The summed E-state index contributed by atoms with van der Waals surface area (Å²) in [6.07, 6.45) is -4.66. The number of hydrogen-bond acceptors (Lipinski definition) is 2. The Labute approximate surface area is 190 Å². The zero-order valence-corrected chi connectivity index (χ0v) is 18.0. The van der Waals surface area contributed by atoms with Crippen molar-refractivity contribution in [2.24, 2.45) is 0 Å². The van der Waals surface area contributed by atoms with Gasteiger partial charge in [-0.05, 0) is 46.9 Å². The van der Waals surface area contributed by atoms with Gasteiger partial charge in [0.1, 0.15) is 6.61 Å². The summed E-state index contributed by atoms with van der Waals surface area (Å²) >= 11 is 0. The highest BCUT2D eigenvalue weighted by Gasteiger charge is 2.31. The number of halogens is 3. The summed E-state index contributed by atoms with van der Waals surface area (Å²) in [7, 11) is 0. The number of ether oxygens (including phenoxy) is 1. The van der Waals surface area contributed by atoms with Crippen LogP contribution >= 0.6 is 0 Å². The van der Waals surface area contributed by atoms with Crippen molar-refractivity contribution in [1.29, 1.82) is 0 Å². The molecule has 168 valence electrons. The first kappa shape index (κ1) is 22.5. The number of aryl methyl sites for hydroxylation is 1. The molecular weight excluding hydrogens is 427 g/mol. The number of amides is 1. The van der Waals surface area contributed by atoms with E-state index in [9.17, 15) is 18.0 Å². The quantitative estimate of drug-likeness (QED) is 0.375. The van der Waals surface area contributed by atoms with Crippen LogP contribution in [-0.2, 0) is 10.9 Å². The van der Waals surface area contributed by atoms with Crippen LogP contribution in [-0.4, -0.2) is 19.2 Å². The molecule has 1 amide bonds. The lowest BCUT2D eigenvalue weighted by Crippen LogP contribution is -2.26. The standard InChI is InChI=1S/C27H22F3NO2/c1-18-13-14-20(27(28,29)30)16-19(18)8-6-7-15-31-26(32)33-17-25-23-11-4-2-9-21(23)22-10-3-5-12-24(22)25/h2-5,9-14,16,25H,7,15,17H2,1H3,(H,31,32). The fourth-order valence-electron chi connectivity index (χ4n) is 3.97. The predicted octanol–water partition coefficient (Wildman–Crippen LogP) is 6.29. The number of alkyl halides is 3. The van der Waals surface area contributed by atoms with Gasteiger partial charge in [-0.1, -0.05) is 66.4 Å².